The maximum absolute atomic E-state index is 12.5. The lowest BCUT2D eigenvalue weighted by Gasteiger charge is -2.27. The van der Waals surface area contributed by atoms with E-state index in [9.17, 15) is 9.59 Å². The summed E-state index contributed by atoms with van der Waals surface area (Å²) in [6, 6.07) is 8.17. The number of nitrogens with zero attached hydrogens (tertiary/aromatic N) is 1. The van der Waals surface area contributed by atoms with Gasteiger partial charge in [0.15, 0.2) is 0 Å². The number of rotatable bonds is 7. The number of carbonyl (C=O) groups excluding carboxylic acids is 2. The average molecular weight is 385 g/mol. The van der Waals surface area contributed by atoms with Gasteiger partial charge in [0.05, 0.1) is 13.1 Å². The minimum absolute atomic E-state index is 0.0173. The molecule has 2 heterocycles. The Morgan fingerprint density at radius 3 is 2.75 bits per heavy atom. The van der Waals surface area contributed by atoms with Crippen LogP contribution in [0.3, 0.4) is 0 Å². The van der Waals surface area contributed by atoms with Gasteiger partial charge in [0.1, 0.15) is 0 Å². The number of aromatic amines is 1. The van der Waals surface area contributed by atoms with Crippen LogP contribution in [0.1, 0.15) is 51.3 Å². The first-order valence-corrected chi connectivity index (χ1v) is 10.3. The normalized spacial score (nSPS) is 14.8. The predicted molar refractivity (Wildman–Crippen MR) is 112 cm³/mol. The summed E-state index contributed by atoms with van der Waals surface area (Å²) in [5.41, 5.74) is 3.50. The van der Waals surface area contributed by atoms with Gasteiger partial charge < -0.3 is 20.5 Å². The largest absolute Gasteiger partial charge is 0.357 e. The molecule has 0 saturated carbocycles. The van der Waals surface area contributed by atoms with Gasteiger partial charge in [-0.1, -0.05) is 44.9 Å². The molecule has 1 aliphatic rings. The molecule has 152 valence electrons. The highest BCUT2D eigenvalue weighted by Gasteiger charge is 2.24. The van der Waals surface area contributed by atoms with Gasteiger partial charge in [0.2, 0.25) is 5.91 Å². The van der Waals surface area contributed by atoms with Crippen LogP contribution >= 0.6 is 0 Å². The Kier molecular flexibility index (Phi) is 6.60. The fraction of sp³-hybridized carbons (Fsp3) is 0.545. The van der Waals surface area contributed by atoms with Gasteiger partial charge in [-0.25, -0.2) is 4.79 Å². The van der Waals surface area contributed by atoms with Gasteiger partial charge in [-0.05, 0) is 37.3 Å². The summed E-state index contributed by atoms with van der Waals surface area (Å²) in [7, 11) is 0. The van der Waals surface area contributed by atoms with E-state index in [2.05, 4.69) is 41.6 Å². The summed E-state index contributed by atoms with van der Waals surface area (Å²) in [6.07, 6.45) is 4.06. The molecule has 0 radical (unpaired) electrons. The molecule has 6 heteroatoms. The first-order valence-electron chi connectivity index (χ1n) is 10.3. The molecule has 0 unspecified atom stereocenters. The summed E-state index contributed by atoms with van der Waals surface area (Å²) < 4.78 is 0. The summed E-state index contributed by atoms with van der Waals surface area (Å²) in [6.45, 7) is 7.65. The van der Waals surface area contributed by atoms with E-state index in [1.54, 1.807) is 4.90 Å². The molecule has 1 atom stereocenters. The lowest BCUT2D eigenvalue weighted by atomic mass is 10.0. The second kappa shape index (κ2) is 9.13. The average Bonchev–Trinajstić information content (AvgIpc) is 3.03. The van der Waals surface area contributed by atoms with Crippen molar-refractivity contribution in [1.29, 1.82) is 0 Å². The Balaban J connectivity index is 1.44. The van der Waals surface area contributed by atoms with E-state index in [4.69, 9.17) is 0 Å². The number of aromatic nitrogens is 1. The van der Waals surface area contributed by atoms with Gasteiger partial charge in [0.25, 0.3) is 0 Å². The highest BCUT2D eigenvalue weighted by Crippen LogP contribution is 2.27. The van der Waals surface area contributed by atoms with E-state index in [-0.39, 0.29) is 24.5 Å². The first-order chi connectivity index (χ1) is 13.4. The summed E-state index contributed by atoms with van der Waals surface area (Å²) in [4.78, 5) is 29.8. The monoisotopic (exact) mass is 384 g/mol. The van der Waals surface area contributed by atoms with Gasteiger partial charge in [-0.2, -0.15) is 0 Å². The Bertz CT molecular complexity index is 827. The Morgan fingerprint density at radius 1 is 1.18 bits per heavy atom. The Labute approximate surface area is 167 Å². The van der Waals surface area contributed by atoms with Crippen molar-refractivity contribution in [3.05, 3.63) is 35.5 Å². The molecule has 0 spiro atoms. The zero-order valence-corrected chi connectivity index (χ0v) is 17.2. The van der Waals surface area contributed by atoms with Crippen LogP contribution in [-0.4, -0.2) is 41.0 Å². The predicted octanol–water partition coefficient (Wildman–Crippen LogP) is 3.57. The van der Waals surface area contributed by atoms with E-state index in [1.807, 2.05) is 19.1 Å². The number of H-pyrrole nitrogens is 1. The zero-order chi connectivity index (χ0) is 20.1. The van der Waals surface area contributed by atoms with Gasteiger partial charge in [-0.3, -0.25) is 4.79 Å². The van der Waals surface area contributed by atoms with Gasteiger partial charge >= 0.3 is 6.03 Å². The van der Waals surface area contributed by atoms with Crippen LogP contribution in [0.4, 0.5) is 4.79 Å². The molecule has 3 amide bonds. The molecule has 1 aromatic carbocycles. The minimum Gasteiger partial charge on any atom is -0.357 e. The third-order valence-electron chi connectivity index (χ3n) is 5.40. The van der Waals surface area contributed by atoms with Crippen molar-refractivity contribution in [2.24, 2.45) is 5.92 Å². The van der Waals surface area contributed by atoms with Crippen molar-refractivity contribution in [3.63, 3.8) is 0 Å². The van der Waals surface area contributed by atoms with Crippen molar-refractivity contribution < 1.29 is 9.59 Å². The second-order valence-corrected chi connectivity index (χ2v) is 8.25. The number of hydrogen-bond acceptors (Lipinski definition) is 2. The highest BCUT2D eigenvalue weighted by atomic mass is 16.2. The lowest BCUT2D eigenvalue weighted by Crippen LogP contribution is -2.47. The zero-order valence-electron chi connectivity index (χ0n) is 17.2. The third kappa shape index (κ3) is 5.06. The number of fused-ring (bicyclic) bond motifs is 3. The van der Waals surface area contributed by atoms with E-state index in [1.165, 1.54) is 17.4 Å². The molecule has 3 N–H and O–H groups in total. The van der Waals surface area contributed by atoms with Crippen LogP contribution in [0.25, 0.3) is 10.9 Å². The van der Waals surface area contributed by atoms with Crippen LogP contribution < -0.4 is 10.6 Å². The Hall–Kier alpha value is -2.50. The van der Waals surface area contributed by atoms with Crippen molar-refractivity contribution in [3.8, 4) is 0 Å². The highest BCUT2D eigenvalue weighted by molar-refractivity contribution is 5.86. The van der Waals surface area contributed by atoms with E-state index < -0.39 is 0 Å². The number of para-hydroxylation sites is 1. The molecular formula is C22H32N4O2. The SMILES string of the molecule is CC(C)CCC[C@H](C)NC(=O)CNC(=O)N1CCc2c([nH]c3ccccc23)C1. The molecule has 0 bridgehead atoms. The van der Waals surface area contributed by atoms with Crippen LogP contribution in [-0.2, 0) is 17.8 Å². The topological polar surface area (TPSA) is 77.2 Å². The maximum atomic E-state index is 12.5. The lowest BCUT2D eigenvalue weighted by molar-refractivity contribution is -0.120. The van der Waals surface area contributed by atoms with Crippen LogP contribution in [0, 0.1) is 5.92 Å². The molecule has 2 aromatic rings. The van der Waals surface area contributed by atoms with E-state index in [0.717, 1.165) is 30.5 Å². The molecule has 0 fully saturated rings. The Morgan fingerprint density at radius 2 is 1.96 bits per heavy atom. The molecule has 28 heavy (non-hydrogen) atoms. The summed E-state index contributed by atoms with van der Waals surface area (Å²) >= 11 is 0. The van der Waals surface area contributed by atoms with Crippen LogP contribution in [0.2, 0.25) is 0 Å². The number of nitrogens with one attached hydrogen (secondary N) is 3. The molecule has 0 aliphatic carbocycles. The molecular weight excluding hydrogens is 352 g/mol. The standard InChI is InChI=1S/C22H32N4O2/c1-15(2)7-6-8-16(3)24-21(27)13-23-22(28)26-12-11-18-17-9-4-5-10-19(17)25-20(18)14-26/h4-5,9-10,15-16,25H,6-8,11-14H2,1-3H3,(H,23,28)(H,24,27)/t16-/m0/s1. The quantitative estimate of drug-likeness (QED) is 0.682. The van der Waals surface area contributed by atoms with Crippen molar-refractivity contribution >= 4 is 22.8 Å². The third-order valence-corrected chi connectivity index (χ3v) is 5.40. The molecule has 3 rings (SSSR count). The minimum atomic E-state index is -0.188. The first kappa shape index (κ1) is 20.2. The smallest absolute Gasteiger partial charge is 0.318 e. The summed E-state index contributed by atoms with van der Waals surface area (Å²) in [5.74, 6) is 0.554. The maximum Gasteiger partial charge on any atom is 0.318 e. The van der Waals surface area contributed by atoms with Crippen molar-refractivity contribution in [1.82, 2.24) is 20.5 Å². The van der Waals surface area contributed by atoms with Crippen molar-refractivity contribution in [2.75, 3.05) is 13.1 Å². The number of urea groups is 1. The fourth-order valence-corrected chi connectivity index (χ4v) is 3.86. The number of hydrogen-bond donors (Lipinski definition) is 3. The molecule has 0 saturated heterocycles. The summed E-state index contributed by atoms with van der Waals surface area (Å²) in [5, 5.41) is 6.96. The van der Waals surface area contributed by atoms with Gasteiger partial charge in [-0.15, -0.1) is 0 Å². The van der Waals surface area contributed by atoms with Crippen LogP contribution in [0.15, 0.2) is 24.3 Å². The fourth-order valence-electron chi connectivity index (χ4n) is 3.86. The number of amides is 3. The number of benzene rings is 1. The van der Waals surface area contributed by atoms with Crippen LogP contribution in [0.5, 0.6) is 0 Å². The molecule has 1 aromatic heterocycles. The second-order valence-electron chi connectivity index (χ2n) is 8.25. The van der Waals surface area contributed by atoms with Crippen molar-refractivity contribution in [2.45, 2.75) is 59.0 Å². The number of carbonyl (C=O) groups is 2. The molecule has 6 nitrogen and oxygen atoms in total. The van der Waals surface area contributed by atoms with Gasteiger partial charge in [0, 0.05) is 29.2 Å². The van der Waals surface area contributed by atoms with E-state index >= 15 is 0 Å². The van der Waals surface area contributed by atoms with E-state index in [0.29, 0.717) is 19.0 Å². The molecule has 1 aliphatic heterocycles.